The number of rotatable bonds is 3. The van der Waals surface area contributed by atoms with Gasteiger partial charge in [0.25, 0.3) is 0 Å². The zero-order valence-electron chi connectivity index (χ0n) is 8.31. The van der Waals surface area contributed by atoms with Crippen LogP contribution in [0.3, 0.4) is 0 Å². The van der Waals surface area contributed by atoms with Crippen LogP contribution in [-0.2, 0) is 0 Å². The van der Waals surface area contributed by atoms with Gasteiger partial charge in [-0.3, -0.25) is 5.84 Å². The van der Waals surface area contributed by atoms with Gasteiger partial charge in [0.15, 0.2) is 0 Å². The van der Waals surface area contributed by atoms with Gasteiger partial charge in [0.2, 0.25) is 0 Å². The third kappa shape index (κ3) is 2.39. The smallest absolute Gasteiger partial charge is 0.135 e. The van der Waals surface area contributed by atoms with Gasteiger partial charge in [-0.25, -0.2) is 9.97 Å². The predicted molar refractivity (Wildman–Crippen MR) is 64.6 cm³/mol. The lowest BCUT2D eigenvalue weighted by atomic mass is 10.2. The number of anilines is 3. The van der Waals surface area contributed by atoms with Crippen molar-refractivity contribution in [2.75, 3.05) is 10.7 Å². The number of para-hydroxylation sites is 2. The predicted octanol–water partition coefficient (Wildman–Crippen LogP) is 2.16. The second-order valence-electron chi connectivity index (χ2n) is 3.04. The van der Waals surface area contributed by atoms with Crippen LogP contribution in [-0.4, -0.2) is 9.97 Å². The Morgan fingerprint density at radius 1 is 1.12 bits per heavy atom. The molecule has 0 spiro atoms. The van der Waals surface area contributed by atoms with Crippen molar-refractivity contribution in [3.63, 3.8) is 0 Å². The van der Waals surface area contributed by atoms with Crippen LogP contribution < -0.4 is 16.6 Å². The molecule has 0 amide bonds. The standard InChI is InChI=1S/C10H10ClN5/c11-9-5-10(14-6-13-9)15-7-3-1-2-4-8(7)16-12/h1-6,16H,12H2,(H,13,14,15). The van der Waals surface area contributed by atoms with Gasteiger partial charge >= 0.3 is 0 Å². The molecule has 5 nitrogen and oxygen atoms in total. The second-order valence-corrected chi connectivity index (χ2v) is 3.43. The number of nitrogens with two attached hydrogens (primary N) is 1. The number of aromatic nitrogens is 2. The number of nitrogens with one attached hydrogen (secondary N) is 2. The van der Waals surface area contributed by atoms with E-state index in [1.807, 2.05) is 24.3 Å². The Bertz CT molecular complexity index is 488. The lowest BCUT2D eigenvalue weighted by molar-refractivity contribution is 1.17. The quantitative estimate of drug-likeness (QED) is 0.432. The van der Waals surface area contributed by atoms with Crippen molar-refractivity contribution in [1.29, 1.82) is 0 Å². The molecule has 0 aliphatic carbocycles. The lowest BCUT2D eigenvalue weighted by Gasteiger charge is -2.10. The van der Waals surface area contributed by atoms with Crippen LogP contribution in [0.1, 0.15) is 0 Å². The second kappa shape index (κ2) is 4.78. The fourth-order valence-electron chi connectivity index (χ4n) is 1.26. The van der Waals surface area contributed by atoms with E-state index in [4.69, 9.17) is 17.4 Å². The first-order valence-electron chi connectivity index (χ1n) is 4.60. The summed E-state index contributed by atoms with van der Waals surface area (Å²) >= 11 is 5.75. The topological polar surface area (TPSA) is 75.9 Å². The van der Waals surface area contributed by atoms with E-state index in [0.717, 1.165) is 11.4 Å². The Hall–Kier alpha value is -1.85. The summed E-state index contributed by atoms with van der Waals surface area (Å²) in [5.74, 6) is 6.00. The van der Waals surface area contributed by atoms with E-state index in [1.54, 1.807) is 6.07 Å². The van der Waals surface area contributed by atoms with Crippen LogP contribution in [0.4, 0.5) is 17.2 Å². The first kappa shape index (κ1) is 10.7. The van der Waals surface area contributed by atoms with Crippen LogP contribution >= 0.6 is 11.6 Å². The van der Waals surface area contributed by atoms with Crippen LogP contribution in [0.15, 0.2) is 36.7 Å². The highest BCUT2D eigenvalue weighted by Gasteiger charge is 2.01. The molecule has 2 aromatic rings. The summed E-state index contributed by atoms with van der Waals surface area (Å²) in [6.45, 7) is 0. The van der Waals surface area contributed by atoms with Crippen LogP contribution in [0, 0.1) is 0 Å². The average Bonchev–Trinajstić information content (AvgIpc) is 2.30. The van der Waals surface area contributed by atoms with Crippen molar-refractivity contribution in [3.8, 4) is 0 Å². The summed E-state index contributed by atoms with van der Waals surface area (Å²) < 4.78 is 0. The molecule has 0 bridgehead atoms. The minimum Gasteiger partial charge on any atom is -0.338 e. The molecule has 16 heavy (non-hydrogen) atoms. The van der Waals surface area contributed by atoms with Crippen molar-refractivity contribution < 1.29 is 0 Å². The number of nitrogens with zero attached hydrogens (tertiary/aromatic N) is 2. The highest BCUT2D eigenvalue weighted by atomic mass is 35.5. The Morgan fingerprint density at radius 3 is 2.56 bits per heavy atom. The number of halogens is 1. The van der Waals surface area contributed by atoms with Gasteiger partial charge in [0.1, 0.15) is 17.3 Å². The molecule has 6 heteroatoms. The van der Waals surface area contributed by atoms with Crippen molar-refractivity contribution in [2.45, 2.75) is 0 Å². The summed E-state index contributed by atoms with van der Waals surface area (Å²) in [6.07, 6.45) is 1.39. The summed E-state index contributed by atoms with van der Waals surface area (Å²) in [5, 5.41) is 3.47. The highest BCUT2D eigenvalue weighted by Crippen LogP contribution is 2.23. The molecule has 2 rings (SSSR count). The monoisotopic (exact) mass is 235 g/mol. The summed E-state index contributed by atoms with van der Waals surface area (Å²) in [5.41, 5.74) is 4.19. The molecule has 0 saturated heterocycles. The van der Waals surface area contributed by atoms with Crippen LogP contribution in [0.25, 0.3) is 0 Å². The van der Waals surface area contributed by atoms with Crippen molar-refractivity contribution in [2.24, 2.45) is 5.84 Å². The maximum Gasteiger partial charge on any atom is 0.135 e. The van der Waals surface area contributed by atoms with E-state index in [9.17, 15) is 0 Å². The Morgan fingerprint density at radius 2 is 1.88 bits per heavy atom. The van der Waals surface area contributed by atoms with Gasteiger partial charge in [-0.2, -0.15) is 0 Å². The van der Waals surface area contributed by atoms with Crippen molar-refractivity contribution in [3.05, 3.63) is 41.8 Å². The van der Waals surface area contributed by atoms with Gasteiger partial charge in [-0.05, 0) is 12.1 Å². The number of hydrogen-bond acceptors (Lipinski definition) is 5. The summed E-state index contributed by atoms with van der Waals surface area (Å²) in [6, 6.07) is 9.14. The third-order valence-corrected chi connectivity index (χ3v) is 2.19. The van der Waals surface area contributed by atoms with Crippen LogP contribution in [0.5, 0.6) is 0 Å². The molecule has 0 saturated carbocycles. The average molecular weight is 236 g/mol. The first-order valence-corrected chi connectivity index (χ1v) is 4.97. The lowest BCUT2D eigenvalue weighted by Crippen LogP contribution is -2.09. The molecule has 1 aromatic carbocycles. The van der Waals surface area contributed by atoms with Crippen molar-refractivity contribution in [1.82, 2.24) is 9.97 Å². The molecular weight excluding hydrogens is 226 g/mol. The van der Waals surface area contributed by atoms with E-state index in [1.165, 1.54) is 6.33 Å². The largest absolute Gasteiger partial charge is 0.338 e. The SMILES string of the molecule is NNc1ccccc1Nc1cc(Cl)ncn1. The fourth-order valence-corrected chi connectivity index (χ4v) is 1.40. The molecule has 0 aliphatic rings. The van der Waals surface area contributed by atoms with Gasteiger partial charge in [-0.15, -0.1) is 0 Å². The molecular formula is C10H10ClN5. The Labute approximate surface area is 97.6 Å². The van der Waals surface area contributed by atoms with Gasteiger partial charge < -0.3 is 10.7 Å². The van der Waals surface area contributed by atoms with Gasteiger partial charge in [0.05, 0.1) is 11.4 Å². The first-order chi connectivity index (χ1) is 7.79. The Kier molecular flexibility index (Phi) is 3.19. The number of nitrogen functional groups attached to an aromatic ring is 1. The number of benzene rings is 1. The molecule has 0 aliphatic heterocycles. The normalized spacial score (nSPS) is 9.88. The zero-order chi connectivity index (χ0) is 11.4. The van der Waals surface area contributed by atoms with E-state index in [0.29, 0.717) is 11.0 Å². The number of hydrogen-bond donors (Lipinski definition) is 3. The molecule has 1 aromatic heterocycles. The fraction of sp³-hybridized carbons (Fsp3) is 0. The third-order valence-electron chi connectivity index (χ3n) is 1.98. The Balaban J connectivity index is 2.26. The summed E-state index contributed by atoms with van der Waals surface area (Å²) in [7, 11) is 0. The molecule has 4 N–H and O–H groups in total. The minimum atomic E-state index is 0.385. The van der Waals surface area contributed by atoms with E-state index in [2.05, 4.69) is 20.7 Å². The molecule has 0 fully saturated rings. The number of hydrazine groups is 1. The van der Waals surface area contributed by atoms with E-state index in [-0.39, 0.29) is 0 Å². The van der Waals surface area contributed by atoms with Gasteiger partial charge in [-0.1, -0.05) is 23.7 Å². The molecule has 0 atom stereocenters. The van der Waals surface area contributed by atoms with Gasteiger partial charge in [0, 0.05) is 6.07 Å². The summed E-state index contributed by atoms with van der Waals surface area (Å²) in [4.78, 5) is 7.83. The maximum atomic E-state index is 5.75. The van der Waals surface area contributed by atoms with E-state index >= 15 is 0 Å². The van der Waals surface area contributed by atoms with Crippen molar-refractivity contribution >= 4 is 28.8 Å². The molecule has 0 radical (unpaired) electrons. The maximum absolute atomic E-state index is 5.75. The highest BCUT2D eigenvalue weighted by molar-refractivity contribution is 6.29. The molecule has 0 unspecified atom stereocenters. The molecule has 1 heterocycles. The molecule has 82 valence electrons. The van der Waals surface area contributed by atoms with Crippen LogP contribution in [0.2, 0.25) is 5.15 Å². The minimum absolute atomic E-state index is 0.385. The van der Waals surface area contributed by atoms with E-state index < -0.39 is 0 Å². The zero-order valence-corrected chi connectivity index (χ0v) is 9.07.